The first-order chi connectivity index (χ1) is 11.3. The fraction of sp³-hybridized carbons (Fsp3) is 0.545. The van der Waals surface area contributed by atoms with E-state index in [4.69, 9.17) is 0 Å². The number of phenolic OH excluding ortho intramolecular Hbond substituents is 2. The van der Waals surface area contributed by atoms with Crippen LogP contribution in [0.4, 0.5) is 0 Å². The van der Waals surface area contributed by atoms with Crippen molar-refractivity contribution in [2.75, 3.05) is 0 Å². The Kier molecular flexibility index (Phi) is 5.79. The molecular weight excluding hydrogens is 296 g/mol. The number of phenols is 2. The summed E-state index contributed by atoms with van der Waals surface area (Å²) >= 11 is 0. The van der Waals surface area contributed by atoms with Crippen molar-refractivity contribution in [3.05, 3.63) is 47.1 Å². The molecule has 2 atom stereocenters. The first-order valence-corrected chi connectivity index (χ1v) is 9.17. The van der Waals surface area contributed by atoms with Gasteiger partial charge in [0, 0.05) is 11.5 Å². The molecule has 1 unspecified atom stereocenters. The van der Waals surface area contributed by atoms with Crippen LogP contribution in [-0.4, -0.2) is 10.2 Å². The van der Waals surface area contributed by atoms with E-state index in [0.29, 0.717) is 5.56 Å². The van der Waals surface area contributed by atoms with Crippen LogP contribution in [0.1, 0.15) is 76.8 Å². The Hall–Kier alpha value is -1.70. The maximum atomic E-state index is 10.7. The van der Waals surface area contributed by atoms with E-state index in [1.165, 1.54) is 18.4 Å². The third kappa shape index (κ3) is 3.68. The number of hydrogen-bond donors (Lipinski definition) is 2. The van der Waals surface area contributed by atoms with Crippen molar-refractivity contribution in [1.29, 1.82) is 0 Å². The van der Waals surface area contributed by atoms with Crippen LogP contribution in [0, 0.1) is 5.41 Å². The molecule has 0 heterocycles. The van der Waals surface area contributed by atoms with E-state index in [1.807, 2.05) is 12.1 Å². The van der Waals surface area contributed by atoms with Gasteiger partial charge in [-0.3, -0.25) is 0 Å². The zero-order valence-corrected chi connectivity index (χ0v) is 15.7. The Morgan fingerprint density at radius 2 is 1.88 bits per heavy atom. The molecule has 0 aliphatic heterocycles. The molecule has 24 heavy (non-hydrogen) atoms. The summed E-state index contributed by atoms with van der Waals surface area (Å²) in [6, 6.07) is 3.67. The van der Waals surface area contributed by atoms with Gasteiger partial charge in [-0.1, -0.05) is 50.5 Å². The molecule has 0 fully saturated rings. The molecule has 0 spiro atoms. The Labute approximate surface area is 146 Å². The van der Waals surface area contributed by atoms with E-state index in [1.54, 1.807) is 0 Å². The maximum Gasteiger partial charge on any atom is 0.123 e. The zero-order valence-electron chi connectivity index (χ0n) is 15.7. The van der Waals surface area contributed by atoms with Crippen LogP contribution >= 0.6 is 0 Å². The lowest BCUT2D eigenvalue weighted by molar-refractivity contribution is 0.296. The summed E-state index contributed by atoms with van der Waals surface area (Å²) in [5.41, 5.74) is 3.93. The molecular formula is C22H32O2. The quantitative estimate of drug-likeness (QED) is 0.479. The number of benzene rings is 1. The predicted molar refractivity (Wildman–Crippen MR) is 102 cm³/mol. The van der Waals surface area contributed by atoms with E-state index in [2.05, 4.69) is 40.3 Å². The smallest absolute Gasteiger partial charge is 0.123 e. The summed E-state index contributed by atoms with van der Waals surface area (Å²) in [6.07, 6.45) is 8.54. The summed E-state index contributed by atoms with van der Waals surface area (Å²) in [5.74, 6) is 0.392. The van der Waals surface area contributed by atoms with Gasteiger partial charge in [0.25, 0.3) is 0 Å². The number of unbranched alkanes of at least 4 members (excludes halogenated alkanes) is 2. The zero-order chi connectivity index (χ0) is 17.9. The number of aromatic hydroxyl groups is 2. The molecule has 2 heteroatoms. The van der Waals surface area contributed by atoms with E-state index in [9.17, 15) is 10.2 Å². The largest absolute Gasteiger partial charge is 0.507 e. The van der Waals surface area contributed by atoms with Crippen LogP contribution in [0.5, 0.6) is 11.5 Å². The highest BCUT2D eigenvalue weighted by Crippen LogP contribution is 2.53. The van der Waals surface area contributed by atoms with E-state index in [-0.39, 0.29) is 22.8 Å². The van der Waals surface area contributed by atoms with Crippen molar-refractivity contribution in [1.82, 2.24) is 0 Å². The molecule has 1 aromatic rings. The second kappa shape index (κ2) is 7.46. The van der Waals surface area contributed by atoms with Gasteiger partial charge in [-0.15, -0.1) is 0 Å². The van der Waals surface area contributed by atoms with Crippen molar-refractivity contribution in [2.24, 2.45) is 5.41 Å². The minimum atomic E-state index is -0.141. The van der Waals surface area contributed by atoms with Gasteiger partial charge in [-0.25, -0.2) is 0 Å². The molecule has 0 saturated heterocycles. The summed E-state index contributed by atoms with van der Waals surface area (Å²) in [7, 11) is 0. The van der Waals surface area contributed by atoms with Crippen LogP contribution in [0.25, 0.3) is 0 Å². The molecule has 132 valence electrons. The average Bonchev–Trinajstić information content (AvgIpc) is 2.50. The summed E-state index contributed by atoms with van der Waals surface area (Å²) < 4.78 is 0. The Morgan fingerprint density at radius 1 is 1.25 bits per heavy atom. The first-order valence-electron chi connectivity index (χ1n) is 9.17. The lowest BCUT2D eigenvalue weighted by atomic mass is 9.63. The highest BCUT2D eigenvalue weighted by Gasteiger charge is 2.39. The van der Waals surface area contributed by atoms with Crippen molar-refractivity contribution < 1.29 is 10.2 Å². The highest BCUT2D eigenvalue weighted by atomic mass is 16.3. The molecule has 0 aromatic heterocycles. The third-order valence-corrected chi connectivity index (χ3v) is 5.73. The maximum absolute atomic E-state index is 10.7. The monoisotopic (exact) mass is 328 g/mol. The van der Waals surface area contributed by atoms with E-state index < -0.39 is 0 Å². The second-order valence-electron chi connectivity index (χ2n) is 7.69. The molecule has 0 saturated carbocycles. The average molecular weight is 328 g/mol. The Morgan fingerprint density at radius 3 is 2.42 bits per heavy atom. The van der Waals surface area contributed by atoms with Gasteiger partial charge in [-0.05, 0) is 62.6 Å². The Bertz CT molecular complexity index is 618. The fourth-order valence-corrected chi connectivity index (χ4v) is 3.77. The van der Waals surface area contributed by atoms with Crippen molar-refractivity contribution in [2.45, 2.75) is 72.1 Å². The van der Waals surface area contributed by atoms with Gasteiger partial charge in [-0.2, -0.15) is 0 Å². The fourth-order valence-electron chi connectivity index (χ4n) is 3.77. The Balaban J connectivity index is 2.42. The molecule has 1 aromatic carbocycles. The molecule has 1 aliphatic rings. The predicted octanol–water partition coefficient (Wildman–Crippen LogP) is 6.24. The molecule has 2 nitrogen and oxygen atoms in total. The number of aryl methyl sites for hydroxylation is 1. The van der Waals surface area contributed by atoms with Crippen molar-refractivity contribution >= 4 is 0 Å². The summed E-state index contributed by atoms with van der Waals surface area (Å²) in [4.78, 5) is 0. The topological polar surface area (TPSA) is 40.5 Å². The molecule has 2 N–H and O–H groups in total. The van der Waals surface area contributed by atoms with E-state index in [0.717, 1.165) is 36.8 Å². The molecule has 0 bridgehead atoms. The van der Waals surface area contributed by atoms with Crippen LogP contribution in [0.3, 0.4) is 0 Å². The molecule has 0 radical (unpaired) electrons. The van der Waals surface area contributed by atoms with Crippen LogP contribution in [0.2, 0.25) is 0 Å². The standard InChI is InChI=1S/C22H32O2/c1-6-7-8-9-17-13-19(23)21(20(24)14-17)18-12-16(4)10-11-22(18,5)15(2)3/h12-14,18,23-24H,2,6-11H2,1,3-5H3/t18-,22?/m0/s1. The lowest BCUT2D eigenvalue weighted by Gasteiger charge is -2.41. The highest BCUT2D eigenvalue weighted by molar-refractivity contribution is 5.52. The molecule has 2 rings (SSSR count). The van der Waals surface area contributed by atoms with Crippen LogP contribution < -0.4 is 0 Å². The minimum Gasteiger partial charge on any atom is -0.507 e. The minimum absolute atomic E-state index is 0.0339. The summed E-state index contributed by atoms with van der Waals surface area (Å²) in [6.45, 7) is 12.7. The van der Waals surface area contributed by atoms with Gasteiger partial charge < -0.3 is 10.2 Å². The molecule has 0 amide bonds. The van der Waals surface area contributed by atoms with Gasteiger partial charge in [0.2, 0.25) is 0 Å². The van der Waals surface area contributed by atoms with Crippen molar-refractivity contribution in [3.63, 3.8) is 0 Å². The third-order valence-electron chi connectivity index (χ3n) is 5.73. The van der Waals surface area contributed by atoms with Crippen molar-refractivity contribution in [3.8, 4) is 11.5 Å². The number of rotatable bonds is 6. The van der Waals surface area contributed by atoms with E-state index >= 15 is 0 Å². The van der Waals surface area contributed by atoms with Gasteiger partial charge in [0.1, 0.15) is 11.5 Å². The molecule has 1 aliphatic carbocycles. The van der Waals surface area contributed by atoms with Gasteiger partial charge >= 0.3 is 0 Å². The lowest BCUT2D eigenvalue weighted by Crippen LogP contribution is -2.29. The van der Waals surface area contributed by atoms with Gasteiger partial charge in [0.15, 0.2) is 0 Å². The SMILES string of the molecule is C=C(C)C1(C)CCC(C)=C[C@H]1c1c(O)cc(CCCCC)cc1O. The number of allylic oxidation sites excluding steroid dienone is 3. The summed E-state index contributed by atoms with van der Waals surface area (Å²) in [5, 5.41) is 21.3. The number of hydrogen-bond acceptors (Lipinski definition) is 2. The first kappa shape index (κ1) is 18.6. The second-order valence-corrected chi connectivity index (χ2v) is 7.69. The van der Waals surface area contributed by atoms with Gasteiger partial charge in [0.05, 0.1) is 0 Å². The normalized spacial score (nSPS) is 23.8. The van der Waals surface area contributed by atoms with Crippen LogP contribution in [0.15, 0.2) is 35.9 Å². The van der Waals surface area contributed by atoms with Crippen LogP contribution in [-0.2, 0) is 6.42 Å².